The molecule has 6 nitrogen and oxygen atoms in total. The van der Waals surface area contributed by atoms with Crippen molar-refractivity contribution in [2.45, 2.75) is 45.8 Å². The molecule has 0 saturated carbocycles. The fourth-order valence-electron chi connectivity index (χ4n) is 2.73. The van der Waals surface area contributed by atoms with E-state index in [0.717, 1.165) is 17.5 Å². The van der Waals surface area contributed by atoms with E-state index in [1.54, 1.807) is 31.2 Å². The number of esters is 1. The monoisotopic (exact) mass is 400 g/mol. The van der Waals surface area contributed by atoms with Crippen LogP contribution >= 0.6 is 0 Å². The van der Waals surface area contributed by atoms with Crippen LogP contribution in [0.5, 0.6) is 17.2 Å². The molecule has 1 unspecified atom stereocenters. The molecule has 0 aliphatic carbocycles. The topological polar surface area (TPSA) is 85.2 Å². The number of rotatable bonds is 9. The van der Waals surface area contributed by atoms with Crippen molar-refractivity contribution in [3.63, 3.8) is 0 Å². The molecular weight excluding hydrogens is 372 g/mol. The van der Waals surface area contributed by atoms with E-state index in [9.17, 15) is 15.0 Å². The third kappa shape index (κ3) is 6.26. The molecule has 0 spiro atoms. The molecule has 0 aliphatic rings. The first-order valence-corrected chi connectivity index (χ1v) is 9.52. The van der Waals surface area contributed by atoms with E-state index in [2.05, 4.69) is 0 Å². The Bertz CT molecular complexity index is 837. The summed E-state index contributed by atoms with van der Waals surface area (Å²) in [5, 5.41) is 19.6. The molecule has 0 amide bonds. The maximum atomic E-state index is 11.4. The summed E-state index contributed by atoms with van der Waals surface area (Å²) in [6.07, 6.45) is 2.23. The van der Waals surface area contributed by atoms with Crippen LogP contribution in [0.25, 0.3) is 0 Å². The lowest BCUT2D eigenvalue weighted by molar-refractivity contribution is -0.137. The minimum atomic E-state index is -0.874. The van der Waals surface area contributed by atoms with Gasteiger partial charge in [0.15, 0.2) is 17.8 Å². The molecule has 0 heterocycles. The van der Waals surface area contributed by atoms with Crippen molar-refractivity contribution in [2.24, 2.45) is 0 Å². The number of phenolic OH excluding ortho intramolecular Hbond substituents is 1. The van der Waals surface area contributed by atoms with Crippen LogP contribution in [-0.4, -0.2) is 29.1 Å². The SMILES string of the molecule is CCCOC(=O)C=COc1ccc(C(C)(C)c2ccc(OC(C)O)cc2)cc1O. The second kappa shape index (κ2) is 9.98. The van der Waals surface area contributed by atoms with Crippen LogP contribution in [0.3, 0.4) is 0 Å². The van der Waals surface area contributed by atoms with E-state index in [1.807, 2.05) is 39.0 Å². The number of carbonyl (C=O) groups excluding carboxylic acids is 1. The van der Waals surface area contributed by atoms with Crippen LogP contribution in [0.4, 0.5) is 0 Å². The highest BCUT2D eigenvalue weighted by atomic mass is 16.6. The normalized spacial score (nSPS) is 12.6. The number of hydrogen-bond acceptors (Lipinski definition) is 6. The minimum absolute atomic E-state index is 0.0313. The average Bonchev–Trinajstić information content (AvgIpc) is 2.67. The molecule has 0 bridgehead atoms. The molecule has 2 aromatic rings. The lowest BCUT2D eigenvalue weighted by Gasteiger charge is -2.27. The number of benzene rings is 2. The fraction of sp³-hybridized carbons (Fsp3) is 0.348. The highest BCUT2D eigenvalue weighted by Gasteiger charge is 2.24. The van der Waals surface area contributed by atoms with Crippen LogP contribution in [-0.2, 0) is 14.9 Å². The summed E-state index contributed by atoms with van der Waals surface area (Å²) in [6, 6.07) is 12.6. The molecule has 0 aliphatic heterocycles. The Hall–Kier alpha value is -2.99. The van der Waals surface area contributed by atoms with Crippen LogP contribution in [0.2, 0.25) is 0 Å². The number of aromatic hydroxyl groups is 1. The second-order valence-electron chi connectivity index (χ2n) is 7.14. The summed E-state index contributed by atoms with van der Waals surface area (Å²) in [5.74, 6) is 0.295. The molecule has 2 rings (SSSR count). The predicted octanol–water partition coefficient (Wildman–Crippen LogP) is 4.28. The summed E-state index contributed by atoms with van der Waals surface area (Å²) in [4.78, 5) is 11.4. The van der Waals surface area contributed by atoms with Crippen molar-refractivity contribution < 1.29 is 29.2 Å². The Morgan fingerprint density at radius 3 is 2.38 bits per heavy atom. The maximum absolute atomic E-state index is 11.4. The number of hydrogen-bond donors (Lipinski definition) is 2. The lowest BCUT2D eigenvalue weighted by Crippen LogP contribution is -2.19. The summed E-state index contributed by atoms with van der Waals surface area (Å²) in [5.41, 5.74) is 1.51. The molecule has 2 aromatic carbocycles. The minimum Gasteiger partial charge on any atom is -0.504 e. The first kappa shape index (κ1) is 22.3. The summed E-state index contributed by atoms with van der Waals surface area (Å²) in [6.45, 7) is 7.89. The highest BCUT2D eigenvalue weighted by molar-refractivity contribution is 5.81. The number of carbonyl (C=O) groups is 1. The first-order chi connectivity index (χ1) is 13.7. The zero-order chi connectivity index (χ0) is 21.4. The van der Waals surface area contributed by atoms with Crippen molar-refractivity contribution in [3.8, 4) is 17.2 Å². The first-order valence-electron chi connectivity index (χ1n) is 9.52. The van der Waals surface area contributed by atoms with E-state index in [0.29, 0.717) is 12.4 Å². The van der Waals surface area contributed by atoms with E-state index in [-0.39, 0.29) is 16.9 Å². The van der Waals surface area contributed by atoms with Gasteiger partial charge in [-0.3, -0.25) is 0 Å². The molecule has 0 fully saturated rings. The van der Waals surface area contributed by atoms with Crippen molar-refractivity contribution >= 4 is 5.97 Å². The summed E-state index contributed by atoms with van der Waals surface area (Å²) < 4.78 is 15.5. The molecule has 2 N–H and O–H groups in total. The molecule has 0 aromatic heterocycles. The smallest absolute Gasteiger partial charge is 0.333 e. The van der Waals surface area contributed by atoms with Gasteiger partial charge in [0.05, 0.1) is 18.9 Å². The van der Waals surface area contributed by atoms with Gasteiger partial charge in [-0.25, -0.2) is 4.79 Å². The maximum Gasteiger partial charge on any atom is 0.333 e. The zero-order valence-corrected chi connectivity index (χ0v) is 17.2. The van der Waals surface area contributed by atoms with Crippen molar-refractivity contribution in [3.05, 3.63) is 65.9 Å². The zero-order valence-electron chi connectivity index (χ0n) is 17.2. The Labute approximate surface area is 171 Å². The largest absolute Gasteiger partial charge is 0.504 e. The van der Waals surface area contributed by atoms with Gasteiger partial charge >= 0.3 is 5.97 Å². The standard InChI is InChI=1S/C23H28O6/c1-5-13-28-22(26)12-14-27-21-11-8-18(15-20(21)25)23(3,4)17-6-9-19(10-7-17)29-16(2)24/h6-12,14-16,24-25H,5,13H2,1-4H3. The summed E-state index contributed by atoms with van der Waals surface area (Å²) >= 11 is 0. The summed E-state index contributed by atoms with van der Waals surface area (Å²) in [7, 11) is 0. The van der Waals surface area contributed by atoms with E-state index in [4.69, 9.17) is 14.2 Å². The van der Waals surface area contributed by atoms with Gasteiger partial charge in [0.2, 0.25) is 0 Å². The predicted molar refractivity (Wildman–Crippen MR) is 110 cm³/mol. The third-order valence-electron chi connectivity index (χ3n) is 4.41. The molecule has 1 atom stereocenters. The second-order valence-corrected chi connectivity index (χ2v) is 7.14. The molecule has 29 heavy (non-hydrogen) atoms. The third-order valence-corrected chi connectivity index (χ3v) is 4.41. The van der Waals surface area contributed by atoms with Gasteiger partial charge in [-0.1, -0.05) is 39.0 Å². The molecule has 6 heteroatoms. The van der Waals surface area contributed by atoms with Gasteiger partial charge < -0.3 is 24.4 Å². The number of aliphatic hydroxyl groups excluding tert-OH is 1. The van der Waals surface area contributed by atoms with Crippen LogP contribution in [0.15, 0.2) is 54.8 Å². The van der Waals surface area contributed by atoms with Gasteiger partial charge in [0.1, 0.15) is 5.75 Å². The van der Waals surface area contributed by atoms with Gasteiger partial charge in [0.25, 0.3) is 0 Å². The van der Waals surface area contributed by atoms with Crippen molar-refractivity contribution in [1.82, 2.24) is 0 Å². The highest BCUT2D eigenvalue weighted by Crippen LogP contribution is 2.37. The Morgan fingerprint density at radius 2 is 1.79 bits per heavy atom. The quantitative estimate of drug-likeness (QED) is 0.283. The Morgan fingerprint density at radius 1 is 1.14 bits per heavy atom. The van der Waals surface area contributed by atoms with Crippen LogP contribution < -0.4 is 9.47 Å². The van der Waals surface area contributed by atoms with E-state index >= 15 is 0 Å². The molecule has 156 valence electrons. The Kier molecular flexibility index (Phi) is 7.67. The average molecular weight is 400 g/mol. The molecular formula is C23H28O6. The van der Waals surface area contributed by atoms with Gasteiger partial charge in [-0.2, -0.15) is 0 Å². The van der Waals surface area contributed by atoms with Crippen molar-refractivity contribution in [1.29, 1.82) is 0 Å². The fourth-order valence-corrected chi connectivity index (χ4v) is 2.73. The van der Waals surface area contributed by atoms with Crippen molar-refractivity contribution in [2.75, 3.05) is 6.61 Å². The van der Waals surface area contributed by atoms with Crippen LogP contribution in [0, 0.1) is 0 Å². The van der Waals surface area contributed by atoms with E-state index in [1.165, 1.54) is 12.3 Å². The van der Waals surface area contributed by atoms with Gasteiger partial charge in [-0.05, 0) is 48.7 Å². The van der Waals surface area contributed by atoms with Gasteiger partial charge in [-0.15, -0.1) is 0 Å². The van der Waals surface area contributed by atoms with E-state index < -0.39 is 12.3 Å². The number of phenols is 1. The Balaban J connectivity index is 2.11. The van der Waals surface area contributed by atoms with Gasteiger partial charge in [0, 0.05) is 5.41 Å². The number of aliphatic hydroxyl groups is 1. The lowest BCUT2D eigenvalue weighted by atomic mass is 9.78. The number of ether oxygens (including phenoxy) is 3. The molecule has 0 radical (unpaired) electrons. The molecule has 0 saturated heterocycles. The van der Waals surface area contributed by atoms with Crippen LogP contribution in [0.1, 0.15) is 45.2 Å².